The van der Waals surface area contributed by atoms with Crippen molar-refractivity contribution >= 4 is 10.8 Å². The number of aliphatic hydroxyl groups excluding tert-OH is 1. The van der Waals surface area contributed by atoms with Gasteiger partial charge in [-0.25, -0.2) is 0 Å². The molecule has 84 valence electrons. The van der Waals surface area contributed by atoms with Gasteiger partial charge in [0.25, 0.3) is 0 Å². The van der Waals surface area contributed by atoms with E-state index in [2.05, 4.69) is 0 Å². The first-order chi connectivity index (χ1) is 7.27. The highest BCUT2D eigenvalue weighted by molar-refractivity contribution is 7.84. The Balaban J connectivity index is 2.70. The van der Waals surface area contributed by atoms with E-state index in [1.807, 2.05) is 31.2 Å². The number of aliphatic hydroxyl groups is 1. The van der Waals surface area contributed by atoms with Crippen molar-refractivity contribution in [1.82, 2.24) is 0 Å². The first-order valence-electron chi connectivity index (χ1n) is 4.94. The molecule has 0 amide bonds. The van der Waals surface area contributed by atoms with Gasteiger partial charge in [-0.2, -0.15) is 0 Å². The summed E-state index contributed by atoms with van der Waals surface area (Å²) in [7, 11) is -1.01. The van der Waals surface area contributed by atoms with Crippen molar-refractivity contribution in [3.8, 4) is 5.75 Å². The van der Waals surface area contributed by atoms with Gasteiger partial charge in [0.1, 0.15) is 5.75 Å². The van der Waals surface area contributed by atoms with Gasteiger partial charge in [-0.1, -0.05) is 18.2 Å². The summed E-state index contributed by atoms with van der Waals surface area (Å²) in [6.07, 6.45) is 0. The van der Waals surface area contributed by atoms with Gasteiger partial charge in [0.15, 0.2) is 0 Å². The molecular weight excluding hydrogens is 212 g/mol. The van der Waals surface area contributed by atoms with Crippen molar-refractivity contribution in [3.63, 3.8) is 0 Å². The second kappa shape index (κ2) is 6.58. The topological polar surface area (TPSA) is 46.5 Å². The second-order valence-corrected chi connectivity index (χ2v) is 4.63. The van der Waals surface area contributed by atoms with Gasteiger partial charge in [-0.05, 0) is 13.0 Å². The fraction of sp³-hybridized carbons (Fsp3) is 0.455. The molecule has 0 bridgehead atoms. The first-order valence-corrected chi connectivity index (χ1v) is 6.43. The Morgan fingerprint density at radius 3 is 2.80 bits per heavy atom. The van der Waals surface area contributed by atoms with Crippen LogP contribution in [0.15, 0.2) is 24.3 Å². The Bertz CT molecular complexity index is 325. The SMILES string of the molecule is CCOc1ccccc1CS(=O)CCO. The molecule has 0 aliphatic heterocycles. The van der Waals surface area contributed by atoms with E-state index in [1.165, 1.54) is 0 Å². The molecule has 1 aromatic rings. The lowest BCUT2D eigenvalue weighted by molar-refractivity contribution is 0.321. The molecule has 0 saturated heterocycles. The molecule has 0 spiro atoms. The van der Waals surface area contributed by atoms with Gasteiger partial charge in [0.05, 0.1) is 19.0 Å². The van der Waals surface area contributed by atoms with Gasteiger partial charge in [0.2, 0.25) is 0 Å². The number of ether oxygens (including phenoxy) is 1. The zero-order valence-electron chi connectivity index (χ0n) is 8.81. The average molecular weight is 228 g/mol. The standard InChI is InChI=1S/C11H16O3S/c1-2-14-11-6-4-3-5-10(11)9-15(13)8-7-12/h3-6,12H,2,7-9H2,1H3. The summed E-state index contributed by atoms with van der Waals surface area (Å²) in [6, 6.07) is 7.56. The van der Waals surface area contributed by atoms with Crippen LogP contribution in [0.1, 0.15) is 12.5 Å². The lowest BCUT2D eigenvalue weighted by Gasteiger charge is -2.09. The van der Waals surface area contributed by atoms with Crippen LogP contribution >= 0.6 is 0 Å². The molecule has 3 nitrogen and oxygen atoms in total. The molecule has 0 radical (unpaired) electrons. The quantitative estimate of drug-likeness (QED) is 0.799. The Kier molecular flexibility index (Phi) is 5.36. The van der Waals surface area contributed by atoms with Crippen molar-refractivity contribution in [1.29, 1.82) is 0 Å². The van der Waals surface area contributed by atoms with Crippen LogP contribution in [0.5, 0.6) is 5.75 Å². The molecule has 1 N–H and O–H groups in total. The highest BCUT2D eigenvalue weighted by Crippen LogP contribution is 2.19. The summed E-state index contributed by atoms with van der Waals surface area (Å²) < 4.78 is 16.9. The third-order valence-electron chi connectivity index (χ3n) is 1.91. The van der Waals surface area contributed by atoms with Gasteiger partial charge >= 0.3 is 0 Å². The largest absolute Gasteiger partial charge is 0.494 e. The van der Waals surface area contributed by atoms with Crippen LogP contribution in [0.4, 0.5) is 0 Å². The predicted octanol–water partition coefficient (Wildman–Crippen LogP) is 1.33. The van der Waals surface area contributed by atoms with Crippen molar-refractivity contribution in [3.05, 3.63) is 29.8 Å². The van der Waals surface area contributed by atoms with Gasteiger partial charge < -0.3 is 9.84 Å². The van der Waals surface area contributed by atoms with E-state index >= 15 is 0 Å². The van der Waals surface area contributed by atoms with Crippen molar-refractivity contribution in [2.75, 3.05) is 19.0 Å². The number of rotatable bonds is 6. The smallest absolute Gasteiger partial charge is 0.123 e. The maximum atomic E-state index is 11.5. The molecule has 0 aromatic heterocycles. The van der Waals surface area contributed by atoms with Crippen LogP contribution in [-0.4, -0.2) is 28.3 Å². The van der Waals surface area contributed by atoms with Crippen molar-refractivity contribution in [2.45, 2.75) is 12.7 Å². The zero-order chi connectivity index (χ0) is 11.1. The first kappa shape index (κ1) is 12.2. The molecule has 0 saturated carbocycles. The Morgan fingerprint density at radius 1 is 1.40 bits per heavy atom. The van der Waals surface area contributed by atoms with Gasteiger partial charge in [-0.3, -0.25) is 4.21 Å². The number of hydrogen-bond donors (Lipinski definition) is 1. The maximum absolute atomic E-state index is 11.5. The zero-order valence-corrected chi connectivity index (χ0v) is 9.63. The monoisotopic (exact) mass is 228 g/mol. The van der Waals surface area contributed by atoms with Crippen LogP contribution in [0, 0.1) is 0 Å². The summed E-state index contributed by atoms with van der Waals surface area (Å²) in [5.41, 5.74) is 0.936. The number of hydrogen-bond acceptors (Lipinski definition) is 3. The van der Waals surface area contributed by atoms with Crippen LogP contribution in [0.3, 0.4) is 0 Å². The Hall–Kier alpha value is -0.870. The summed E-state index contributed by atoms with van der Waals surface area (Å²) in [6.45, 7) is 2.48. The third-order valence-corrected chi connectivity index (χ3v) is 3.18. The molecular formula is C11H16O3S. The normalized spacial score (nSPS) is 12.4. The van der Waals surface area contributed by atoms with E-state index in [0.717, 1.165) is 11.3 Å². The van der Waals surface area contributed by atoms with Gasteiger partial charge in [0, 0.05) is 22.1 Å². The summed E-state index contributed by atoms with van der Waals surface area (Å²) in [4.78, 5) is 0. The molecule has 0 aliphatic rings. The molecule has 1 rings (SSSR count). The van der Waals surface area contributed by atoms with Crippen LogP contribution in [-0.2, 0) is 16.6 Å². The Morgan fingerprint density at radius 2 is 2.13 bits per heavy atom. The van der Waals surface area contributed by atoms with E-state index in [1.54, 1.807) is 0 Å². The van der Waals surface area contributed by atoms with Gasteiger partial charge in [-0.15, -0.1) is 0 Å². The molecule has 15 heavy (non-hydrogen) atoms. The number of para-hydroxylation sites is 1. The minimum Gasteiger partial charge on any atom is -0.494 e. The second-order valence-electron chi connectivity index (χ2n) is 3.05. The van der Waals surface area contributed by atoms with E-state index in [4.69, 9.17) is 9.84 Å². The van der Waals surface area contributed by atoms with E-state index in [0.29, 0.717) is 18.1 Å². The van der Waals surface area contributed by atoms with Crippen LogP contribution in [0.25, 0.3) is 0 Å². The predicted molar refractivity (Wildman–Crippen MR) is 61.4 cm³/mol. The minimum atomic E-state index is -1.01. The third kappa shape index (κ3) is 4.01. The molecule has 1 unspecified atom stereocenters. The Labute approximate surface area is 92.5 Å². The lowest BCUT2D eigenvalue weighted by atomic mass is 10.2. The fourth-order valence-corrected chi connectivity index (χ4v) is 2.20. The molecule has 1 atom stereocenters. The average Bonchev–Trinajstić information content (AvgIpc) is 2.21. The van der Waals surface area contributed by atoms with E-state index < -0.39 is 10.8 Å². The van der Waals surface area contributed by atoms with Crippen LogP contribution in [0.2, 0.25) is 0 Å². The summed E-state index contributed by atoms with van der Waals surface area (Å²) >= 11 is 0. The molecule has 1 aromatic carbocycles. The molecule has 0 heterocycles. The van der Waals surface area contributed by atoms with E-state index in [-0.39, 0.29) is 6.61 Å². The summed E-state index contributed by atoms with van der Waals surface area (Å²) in [5.74, 6) is 1.54. The fourth-order valence-electron chi connectivity index (χ4n) is 1.27. The minimum absolute atomic E-state index is 0.0383. The molecule has 0 fully saturated rings. The van der Waals surface area contributed by atoms with Crippen molar-refractivity contribution in [2.24, 2.45) is 0 Å². The summed E-state index contributed by atoms with van der Waals surface area (Å²) in [5, 5.41) is 8.66. The van der Waals surface area contributed by atoms with Crippen LogP contribution < -0.4 is 4.74 Å². The maximum Gasteiger partial charge on any atom is 0.123 e. The van der Waals surface area contributed by atoms with Crippen molar-refractivity contribution < 1.29 is 14.1 Å². The van der Waals surface area contributed by atoms with E-state index in [9.17, 15) is 4.21 Å². The molecule has 4 heteroatoms. The highest BCUT2D eigenvalue weighted by atomic mass is 32.2. The molecule has 0 aliphatic carbocycles. The highest BCUT2D eigenvalue weighted by Gasteiger charge is 2.06. The number of benzene rings is 1. The lowest BCUT2D eigenvalue weighted by Crippen LogP contribution is -2.06.